The Morgan fingerprint density at radius 2 is 1.59 bits per heavy atom. The number of carbonyl (C=O) groups is 2. The number of halogens is 1. The Morgan fingerprint density at radius 3 is 2.33 bits per heavy atom. The summed E-state index contributed by atoms with van der Waals surface area (Å²) in [6.45, 7) is 7.86. The lowest BCUT2D eigenvalue weighted by Crippen LogP contribution is -2.40. The second-order valence-corrected chi connectivity index (χ2v) is 9.86. The molecule has 6 nitrogen and oxygen atoms in total. The van der Waals surface area contributed by atoms with Crippen LogP contribution in [0.4, 0.5) is 0 Å². The summed E-state index contributed by atoms with van der Waals surface area (Å²) >= 11 is 0. The van der Waals surface area contributed by atoms with E-state index in [2.05, 4.69) is 59.9 Å². The molecule has 0 saturated heterocycles. The maximum absolute atomic E-state index is 13.7. The molecule has 1 atom stereocenters. The molecule has 2 amide bonds. The Kier molecular flexibility index (Phi) is 9.10. The van der Waals surface area contributed by atoms with Gasteiger partial charge >= 0.3 is 0 Å². The highest BCUT2D eigenvalue weighted by atomic mass is 35.5. The molecule has 0 spiro atoms. The third-order valence-electron chi connectivity index (χ3n) is 7.71. The van der Waals surface area contributed by atoms with Crippen LogP contribution in [0.1, 0.15) is 47.8 Å². The van der Waals surface area contributed by atoms with Gasteiger partial charge < -0.3 is 19.7 Å². The zero-order valence-electron chi connectivity index (χ0n) is 22.9. The molecule has 1 aliphatic rings. The van der Waals surface area contributed by atoms with Crippen molar-refractivity contribution >= 4 is 35.1 Å². The number of hydrogen-bond acceptors (Lipinski definition) is 3. The number of nitrogens with one attached hydrogen (secondary N) is 1. The Bertz CT molecular complexity index is 1450. The predicted octanol–water partition coefficient (Wildman–Crippen LogP) is 5.66. The average Bonchev–Trinajstić information content (AvgIpc) is 3.39. The summed E-state index contributed by atoms with van der Waals surface area (Å²) in [6, 6.07) is 26.0. The smallest absolute Gasteiger partial charge is 0.255 e. The van der Waals surface area contributed by atoms with E-state index in [0.29, 0.717) is 12.1 Å². The normalized spacial score (nSPS) is 14.5. The first-order valence-electron chi connectivity index (χ1n) is 13.6. The summed E-state index contributed by atoms with van der Waals surface area (Å²) in [4.78, 5) is 31.0. The quantitative estimate of drug-likeness (QED) is 0.262. The van der Waals surface area contributed by atoms with Crippen molar-refractivity contribution in [3.8, 4) is 11.3 Å². The summed E-state index contributed by atoms with van der Waals surface area (Å²) < 4.78 is 2.21. The van der Waals surface area contributed by atoms with E-state index in [1.54, 1.807) is 4.90 Å². The third-order valence-corrected chi connectivity index (χ3v) is 7.71. The molecule has 1 aromatic heterocycles. The number of benzene rings is 3. The van der Waals surface area contributed by atoms with Crippen LogP contribution < -0.4 is 5.32 Å². The monoisotopic (exact) mass is 544 g/mol. The second kappa shape index (κ2) is 12.5. The SMILES string of the molecule is CCN(CC)CCCNC(=O)CN1C(=O)c2ccccc2C1c1c(-c2ccccc2)n(C)c2ccccc12.Cl. The van der Waals surface area contributed by atoms with Crippen molar-refractivity contribution in [1.82, 2.24) is 19.7 Å². The van der Waals surface area contributed by atoms with E-state index in [-0.39, 0.29) is 36.8 Å². The molecule has 3 aromatic carbocycles. The standard InChI is InChI=1S/C32H36N4O2.ClH/c1-4-35(5-2)21-13-20-33-28(37)22-36-31(24-16-9-10-17-25(24)32(36)38)29-26-18-11-12-19-27(26)34(3)30(29)23-14-7-6-8-15-23;/h6-12,14-19,31H,4-5,13,20-22H2,1-3H3,(H,33,37);1H. The maximum Gasteiger partial charge on any atom is 0.255 e. The summed E-state index contributed by atoms with van der Waals surface area (Å²) in [6.07, 6.45) is 0.881. The number of rotatable bonds is 10. The highest BCUT2D eigenvalue weighted by molar-refractivity contribution is 6.03. The van der Waals surface area contributed by atoms with Crippen molar-refractivity contribution in [3.63, 3.8) is 0 Å². The van der Waals surface area contributed by atoms with Crippen LogP contribution in [0.3, 0.4) is 0 Å². The number of aryl methyl sites for hydroxylation is 1. The van der Waals surface area contributed by atoms with Crippen LogP contribution in [0, 0.1) is 0 Å². The van der Waals surface area contributed by atoms with Gasteiger partial charge in [0.1, 0.15) is 6.54 Å². The minimum Gasteiger partial charge on any atom is -0.355 e. The molecule has 2 heterocycles. The highest BCUT2D eigenvalue weighted by Crippen LogP contribution is 2.46. The van der Waals surface area contributed by atoms with Gasteiger partial charge in [0.15, 0.2) is 0 Å². The number of aromatic nitrogens is 1. The first-order valence-corrected chi connectivity index (χ1v) is 13.6. The van der Waals surface area contributed by atoms with Crippen molar-refractivity contribution < 1.29 is 9.59 Å². The predicted molar refractivity (Wildman–Crippen MR) is 160 cm³/mol. The van der Waals surface area contributed by atoms with Crippen LogP contribution in [0.15, 0.2) is 78.9 Å². The Morgan fingerprint density at radius 1 is 0.923 bits per heavy atom. The number of para-hydroxylation sites is 1. The Hall–Kier alpha value is -3.61. The average molecular weight is 545 g/mol. The lowest BCUT2D eigenvalue weighted by atomic mass is 9.93. The van der Waals surface area contributed by atoms with Crippen molar-refractivity contribution in [2.24, 2.45) is 7.05 Å². The minimum absolute atomic E-state index is 0. The fourth-order valence-corrected chi connectivity index (χ4v) is 5.77. The number of amides is 2. The van der Waals surface area contributed by atoms with Gasteiger partial charge in [0.05, 0.1) is 11.7 Å². The molecule has 1 aliphatic heterocycles. The lowest BCUT2D eigenvalue weighted by Gasteiger charge is -2.26. The van der Waals surface area contributed by atoms with Gasteiger partial charge in [-0.2, -0.15) is 0 Å². The van der Waals surface area contributed by atoms with Crippen LogP contribution in [0.5, 0.6) is 0 Å². The molecular formula is C32H37ClN4O2. The van der Waals surface area contributed by atoms with Crippen molar-refractivity contribution in [2.75, 3.05) is 32.7 Å². The molecule has 0 aliphatic carbocycles. The van der Waals surface area contributed by atoms with Gasteiger partial charge in [-0.1, -0.05) is 80.6 Å². The van der Waals surface area contributed by atoms with E-state index in [0.717, 1.165) is 59.3 Å². The molecule has 0 radical (unpaired) electrons. The van der Waals surface area contributed by atoms with Crippen LogP contribution in [-0.2, 0) is 11.8 Å². The lowest BCUT2D eigenvalue weighted by molar-refractivity contribution is -0.122. The summed E-state index contributed by atoms with van der Waals surface area (Å²) in [5.74, 6) is -0.229. The Balaban J connectivity index is 0.00000353. The number of carbonyl (C=O) groups excluding carboxylic acids is 2. The molecule has 5 rings (SSSR count). The topological polar surface area (TPSA) is 57.6 Å². The van der Waals surface area contributed by atoms with E-state index in [1.807, 2.05) is 54.6 Å². The Labute approximate surface area is 237 Å². The molecule has 39 heavy (non-hydrogen) atoms. The van der Waals surface area contributed by atoms with Crippen molar-refractivity contribution in [3.05, 3.63) is 95.6 Å². The van der Waals surface area contributed by atoms with E-state index in [1.165, 1.54) is 0 Å². The summed E-state index contributed by atoms with van der Waals surface area (Å²) in [5, 5.41) is 4.15. The second-order valence-electron chi connectivity index (χ2n) is 9.86. The molecule has 7 heteroatoms. The molecule has 0 saturated carbocycles. The highest BCUT2D eigenvalue weighted by Gasteiger charge is 2.41. The van der Waals surface area contributed by atoms with Gasteiger partial charge in [0, 0.05) is 35.6 Å². The van der Waals surface area contributed by atoms with E-state index < -0.39 is 0 Å². The zero-order chi connectivity index (χ0) is 26.6. The van der Waals surface area contributed by atoms with Crippen LogP contribution in [-0.4, -0.2) is 58.9 Å². The van der Waals surface area contributed by atoms with Gasteiger partial charge in [0.2, 0.25) is 5.91 Å². The summed E-state index contributed by atoms with van der Waals surface area (Å²) in [7, 11) is 2.07. The van der Waals surface area contributed by atoms with Crippen LogP contribution in [0.25, 0.3) is 22.2 Å². The number of fused-ring (bicyclic) bond motifs is 2. The van der Waals surface area contributed by atoms with Gasteiger partial charge in [-0.25, -0.2) is 0 Å². The fourth-order valence-electron chi connectivity index (χ4n) is 5.77. The number of hydrogen-bond donors (Lipinski definition) is 1. The van der Waals surface area contributed by atoms with Crippen LogP contribution in [0.2, 0.25) is 0 Å². The minimum atomic E-state index is -0.360. The first kappa shape index (κ1) is 28.4. The zero-order valence-corrected chi connectivity index (χ0v) is 23.7. The van der Waals surface area contributed by atoms with Crippen LogP contribution >= 0.6 is 12.4 Å². The fraction of sp³-hybridized carbons (Fsp3) is 0.312. The number of nitrogens with zero attached hydrogens (tertiary/aromatic N) is 3. The van der Waals surface area contributed by atoms with Gasteiger partial charge in [-0.15, -0.1) is 12.4 Å². The third kappa shape index (κ3) is 5.45. The molecule has 1 unspecified atom stereocenters. The van der Waals surface area contributed by atoms with E-state index >= 15 is 0 Å². The molecule has 4 aromatic rings. The maximum atomic E-state index is 13.7. The molecule has 204 valence electrons. The van der Waals surface area contributed by atoms with E-state index in [4.69, 9.17) is 0 Å². The molecule has 0 bridgehead atoms. The molecular weight excluding hydrogens is 508 g/mol. The molecule has 0 fully saturated rings. The largest absolute Gasteiger partial charge is 0.355 e. The van der Waals surface area contributed by atoms with Crippen molar-refractivity contribution in [2.45, 2.75) is 26.3 Å². The first-order chi connectivity index (χ1) is 18.5. The summed E-state index contributed by atoms with van der Waals surface area (Å²) in [5.41, 5.74) is 5.91. The van der Waals surface area contributed by atoms with E-state index in [9.17, 15) is 9.59 Å². The molecule has 1 N–H and O–H groups in total. The van der Waals surface area contributed by atoms with Gasteiger partial charge in [0.25, 0.3) is 5.91 Å². The van der Waals surface area contributed by atoms with Crippen molar-refractivity contribution in [1.29, 1.82) is 0 Å². The van der Waals surface area contributed by atoms with Gasteiger partial charge in [-0.3, -0.25) is 9.59 Å². The van der Waals surface area contributed by atoms with Gasteiger partial charge in [-0.05, 0) is 49.3 Å².